The predicted octanol–water partition coefficient (Wildman–Crippen LogP) is 4.66. The molecule has 5 nitrogen and oxygen atoms in total. The Morgan fingerprint density at radius 2 is 1.90 bits per heavy atom. The van der Waals surface area contributed by atoms with Gasteiger partial charge in [0.15, 0.2) is 0 Å². The third-order valence-electron chi connectivity index (χ3n) is 5.72. The smallest absolute Gasteiger partial charge is 0.262 e. The second-order valence-corrected chi connectivity index (χ2v) is 8.80. The fourth-order valence-electron chi connectivity index (χ4n) is 4.02. The van der Waals surface area contributed by atoms with Crippen molar-refractivity contribution in [3.05, 3.63) is 51.9 Å². The summed E-state index contributed by atoms with van der Waals surface area (Å²) in [7, 11) is 0. The van der Waals surface area contributed by atoms with Crippen molar-refractivity contribution in [1.82, 2.24) is 14.9 Å². The minimum Gasteiger partial charge on any atom is -0.353 e. The first-order chi connectivity index (χ1) is 14.1. The minimum atomic E-state index is -0.0749. The van der Waals surface area contributed by atoms with E-state index in [1.165, 1.54) is 42.6 Å². The highest BCUT2D eigenvalue weighted by Gasteiger charge is 2.16. The number of hydrogen-bond donors (Lipinski definition) is 1. The van der Waals surface area contributed by atoms with E-state index in [-0.39, 0.29) is 17.5 Å². The number of carbonyl (C=O) groups excluding carboxylic acids is 1. The van der Waals surface area contributed by atoms with Crippen molar-refractivity contribution in [2.45, 2.75) is 64.5 Å². The molecule has 2 heterocycles. The second kappa shape index (κ2) is 8.91. The van der Waals surface area contributed by atoms with E-state index >= 15 is 0 Å². The molecule has 0 atom stereocenters. The van der Waals surface area contributed by atoms with E-state index in [1.807, 2.05) is 36.6 Å². The number of nitrogens with one attached hydrogen (secondary N) is 1. The van der Waals surface area contributed by atoms with Gasteiger partial charge in [0.25, 0.3) is 5.56 Å². The van der Waals surface area contributed by atoms with Crippen molar-refractivity contribution < 1.29 is 4.79 Å². The molecule has 0 bridgehead atoms. The van der Waals surface area contributed by atoms with Crippen molar-refractivity contribution in [2.75, 3.05) is 0 Å². The zero-order valence-electron chi connectivity index (χ0n) is 16.8. The van der Waals surface area contributed by atoms with Gasteiger partial charge >= 0.3 is 0 Å². The maximum Gasteiger partial charge on any atom is 0.262 e. The standard InChI is InChI=1S/C23H27N3O2S/c1-16-8-10-17(11-9-16)19-14-29-22-21(19)23(28)26(15-24-22)13-12-20(27)25-18-6-4-2-3-5-7-18/h8-11,14-15,18H,2-7,12-13H2,1H3,(H,25,27). The molecule has 1 aromatic carbocycles. The lowest BCUT2D eigenvalue weighted by molar-refractivity contribution is -0.122. The summed E-state index contributed by atoms with van der Waals surface area (Å²) in [6, 6.07) is 8.45. The average Bonchev–Trinajstić information content (AvgIpc) is 2.99. The van der Waals surface area contributed by atoms with Crippen LogP contribution in [0, 0.1) is 6.92 Å². The Kier molecular flexibility index (Phi) is 6.09. The first-order valence-corrected chi connectivity index (χ1v) is 11.3. The van der Waals surface area contributed by atoms with E-state index < -0.39 is 0 Å². The van der Waals surface area contributed by atoms with Crippen LogP contribution in [-0.2, 0) is 11.3 Å². The van der Waals surface area contributed by atoms with E-state index in [0.717, 1.165) is 28.8 Å². The summed E-state index contributed by atoms with van der Waals surface area (Å²) < 4.78 is 1.57. The summed E-state index contributed by atoms with van der Waals surface area (Å²) >= 11 is 1.48. The van der Waals surface area contributed by atoms with E-state index in [0.29, 0.717) is 18.4 Å². The van der Waals surface area contributed by atoms with Crippen LogP contribution in [0.4, 0.5) is 0 Å². The summed E-state index contributed by atoms with van der Waals surface area (Å²) in [6.45, 7) is 2.40. The molecule has 0 aliphatic heterocycles. The number of aryl methyl sites for hydroxylation is 2. The van der Waals surface area contributed by atoms with Gasteiger partial charge in [-0.15, -0.1) is 11.3 Å². The van der Waals surface area contributed by atoms with Crippen molar-refractivity contribution in [3.63, 3.8) is 0 Å². The van der Waals surface area contributed by atoms with Crippen LogP contribution in [0.1, 0.15) is 50.5 Å². The molecule has 0 unspecified atom stereocenters. The molecule has 1 saturated carbocycles. The number of amides is 1. The van der Waals surface area contributed by atoms with Gasteiger partial charge in [-0.25, -0.2) is 4.98 Å². The highest BCUT2D eigenvalue weighted by atomic mass is 32.1. The summed E-state index contributed by atoms with van der Waals surface area (Å²) in [4.78, 5) is 30.7. The lowest BCUT2D eigenvalue weighted by Gasteiger charge is -2.16. The number of hydrogen-bond acceptors (Lipinski definition) is 4. The topological polar surface area (TPSA) is 64.0 Å². The number of nitrogens with zero attached hydrogens (tertiary/aromatic N) is 2. The summed E-state index contributed by atoms with van der Waals surface area (Å²) in [5.74, 6) is 0.0213. The molecule has 1 fully saturated rings. The molecular weight excluding hydrogens is 382 g/mol. The Morgan fingerprint density at radius 3 is 2.62 bits per heavy atom. The van der Waals surface area contributed by atoms with Crippen LogP contribution in [0.15, 0.2) is 40.8 Å². The zero-order valence-corrected chi connectivity index (χ0v) is 17.6. The van der Waals surface area contributed by atoms with Gasteiger partial charge in [0, 0.05) is 30.0 Å². The Balaban J connectivity index is 1.50. The van der Waals surface area contributed by atoms with Crippen LogP contribution in [0.25, 0.3) is 21.3 Å². The van der Waals surface area contributed by atoms with E-state index in [2.05, 4.69) is 10.3 Å². The Hall–Kier alpha value is -2.47. The number of thiophene rings is 1. The quantitative estimate of drug-likeness (QED) is 0.623. The second-order valence-electron chi connectivity index (χ2n) is 7.94. The molecule has 152 valence electrons. The first-order valence-electron chi connectivity index (χ1n) is 10.4. The molecule has 3 aromatic rings. The first kappa shape index (κ1) is 19.8. The molecule has 1 N–H and O–H groups in total. The number of rotatable bonds is 5. The highest BCUT2D eigenvalue weighted by Crippen LogP contribution is 2.30. The van der Waals surface area contributed by atoms with Crippen LogP contribution in [0.5, 0.6) is 0 Å². The van der Waals surface area contributed by atoms with Crippen LogP contribution >= 0.6 is 11.3 Å². The fraction of sp³-hybridized carbons (Fsp3) is 0.435. The fourth-order valence-corrected chi connectivity index (χ4v) is 4.92. The highest BCUT2D eigenvalue weighted by molar-refractivity contribution is 7.17. The van der Waals surface area contributed by atoms with E-state index in [4.69, 9.17) is 0 Å². The number of carbonyl (C=O) groups is 1. The lowest BCUT2D eigenvalue weighted by Crippen LogP contribution is -2.35. The van der Waals surface area contributed by atoms with Crippen molar-refractivity contribution in [3.8, 4) is 11.1 Å². The molecule has 1 amide bonds. The molecule has 0 saturated heterocycles. The molecule has 1 aliphatic rings. The largest absolute Gasteiger partial charge is 0.353 e. The molecule has 0 radical (unpaired) electrons. The summed E-state index contributed by atoms with van der Waals surface area (Å²) in [6.07, 6.45) is 8.89. The zero-order chi connectivity index (χ0) is 20.2. The number of fused-ring (bicyclic) bond motifs is 1. The lowest BCUT2D eigenvalue weighted by atomic mass is 10.1. The van der Waals surface area contributed by atoms with Crippen LogP contribution in [-0.4, -0.2) is 21.5 Å². The molecular formula is C23H27N3O2S. The monoisotopic (exact) mass is 409 g/mol. The Labute approximate surface area is 174 Å². The maximum atomic E-state index is 13.1. The summed E-state index contributed by atoms with van der Waals surface area (Å²) in [5.41, 5.74) is 3.04. The summed E-state index contributed by atoms with van der Waals surface area (Å²) in [5, 5.41) is 5.79. The van der Waals surface area contributed by atoms with Gasteiger partial charge in [-0.05, 0) is 25.3 Å². The van der Waals surface area contributed by atoms with Crippen LogP contribution < -0.4 is 10.9 Å². The third kappa shape index (κ3) is 4.58. The minimum absolute atomic E-state index is 0.0213. The normalized spacial score (nSPS) is 15.3. The molecule has 6 heteroatoms. The Bertz CT molecular complexity index is 1040. The molecule has 0 spiro atoms. The van der Waals surface area contributed by atoms with Crippen molar-refractivity contribution in [2.24, 2.45) is 0 Å². The van der Waals surface area contributed by atoms with Gasteiger partial charge in [0.2, 0.25) is 5.91 Å². The number of benzene rings is 1. The average molecular weight is 410 g/mol. The predicted molar refractivity (Wildman–Crippen MR) is 118 cm³/mol. The van der Waals surface area contributed by atoms with Gasteiger partial charge in [0.05, 0.1) is 11.7 Å². The molecule has 4 rings (SSSR count). The van der Waals surface area contributed by atoms with Gasteiger partial charge in [0.1, 0.15) is 4.83 Å². The molecule has 2 aromatic heterocycles. The SMILES string of the molecule is Cc1ccc(-c2csc3ncn(CCC(=O)NC4CCCCCC4)c(=O)c23)cc1. The number of aromatic nitrogens is 2. The van der Waals surface area contributed by atoms with Gasteiger partial charge < -0.3 is 5.32 Å². The molecule has 29 heavy (non-hydrogen) atoms. The molecule has 1 aliphatic carbocycles. The van der Waals surface area contributed by atoms with Crippen LogP contribution in [0.2, 0.25) is 0 Å². The third-order valence-corrected chi connectivity index (χ3v) is 6.61. The van der Waals surface area contributed by atoms with Crippen molar-refractivity contribution in [1.29, 1.82) is 0 Å². The van der Waals surface area contributed by atoms with Gasteiger partial charge in [-0.2, -0.15) is 0 Å². The van der Waals surface area contributed by atoms with E-state index in [1.54, 1.807) is 10.9 Å². The maximum absolute atomic E-state index is 13.1. The van der Waals surface area contributed by atoms with Crippen LogP contribution in [0.3, 0.4) is 0 Å². The van der Waals surface area contributed by atoms with Crippen molar-refractivity contribution >= 4 is 27.5 Å². The van der Waals surface area contributed by atoms with E-state index in [9.17, 15) is 9.59 Å². The van der Waals surface area contributed by atoms with Gasteiger partial charge in [-0.3, -0.25) is 14.2 Å². The Morgan fingerprint density at radius 1 is 1.17 bits per heavy atom. The van der Waals surface area contributed by atoms with Gasteiger partial charge in [-0.1, -0.05) is 55.5 Å².